The fraction of sp³-hybridized carbons (Fsp3) is 0.364. The van der Waals surface area contributed by atoms with Crippen molar-refractivity contribution < 1.29 is 24.7 Å². The van der Waals surface area contributed by atoms with Gasteiger partial charge in [-0.3, -0.25) is 0 Å². The number of rotatable bonds is 5. The Bertz CT molecular complexity index is 707. The molecule has 0 bridgehead atoms. The van der Waals surface area contributed by atoms with Gasteiger partial charge in [0.25, 0.3) is 0 Å². The average Bonchev–Trinajstić information content (AvgIpc) is 2.91. The van der Waals surface area contributed by atoms with E-state index >= 15 is 0 Å². The van der Waals surface area contributed by atoms with Gasteiger partial charge in [-0.05, 0) is 0 Å². The fourth-order valence-corrected chi connectivity index (χ4v) is 5.05. The van der Waals surface area contributed by atoms with Crippen LogP contribution < -0.4 is 0 Å². The van der Waals surface area contributed by atoms with Gasteiger partial charge in [0.1, 0.15) is 0 Å². The molecule has 0 N–H and O–H groups in total. The monoisotopic (exact) mass is 379 g/mol. The zero-order valence-electron chi connectivity index (χ0n) is 14.4. The van der Waals surface area contributed by atoms with Gasteiger partial charge in [-0.25, -0.2) is 0 Å². The summed E-state index contributed by atoms with van der Waals surface area (Å²) >= 11 is 1.60. The van der Waals surface area contributed by atoms with Gasteiger partial charge in [-0.2, -0.15) is 0 Å². The Morgan fingerprint density at radius 3 is 2.43 bits per heavy atom. The maximum atomic E-state index is 2.46. The van der Waals surface area contributed by atoms with Crippen molar-refractivity contribution >= 4 is 6.08 Å². The zero-order valence-corrected chi connectivity index (χ0v) is 16.9. The van der Waals surface area contributed by atoms with Gasteiger partial charge < -0.3 is 0 Å². The zero-order chi connectivity index (χ0) is 16.4. The summed E-state index contributed by atoms with van der Waals surface area (Å²) in [6.45, 7) is 6.89. The third-order valence-corrected chi connectivity index (χ3v) is 6.43. The summed E-state index contributed by atoms with van der Waals surface area (Å²) in [4.78, 5) is 0. The molecule has 0 aromatic heterocycles. The minimum absolute atomic E-state index is 0.635. The van der Waals surface area contributed by atoms with Gasteiger partial charge in [0, 0.05) is 0 Å². The predicted molar refractivity (Wildman–Crippen MR) is 96.0 cm³/mol. The molecule has 117 valence electrons. The van der Waals surface area contributed by atoms with Crippen LogP contribution in [0.4, 0.5) is 0 Å². The van der Waals surface area contributed by atoms with E-state index in [1.165, 1.54) is 47.1 Å². The second-order valence-electron chi connectivity index (χ2n) is 6.84. The van der Waals surface area contributed by atoms with Crippen molar-refractivity contribution in [3.05, 3.63) is 64.7 Å². The van der Waals surface area contributed by atoms with Crippen LogP contribution in [0.5, 0.6) is 0 Å². The number of fused-ring (bicyclic) bond motifs is 1. The average molecular weight is 381 g/mol. The molecular weight excluding hydrogens is 355 g/mol. The first-order valence-corrected chi connectivity index (χ1v) is 10.2. The molecule has 1 unspecified atom stereocenters. The van der Waals surface area contributed by atoms with Gasteiger partial charge in [0.2, 0.25) is 0 Å². The normalized spacial score (nSPS) is 16.5. The molecule has 0 saturated heterocycles. The standard InChI is InChI=1S/C22H25.Zr/c1-4-5-7-17-10-12-18(13-11-17)21-9-6-8-19-14-20(16(2)3)15-22(19)21;/h6,8-16H,4-5,7H2,1-3H3;. The molecule has 1 aliphatic rings. The van der Waals surface area contributed by atoms with Crippen LogP contribution in [-0.2, 0) is 31.1 Å². The first-order valence-electron chi connectivity index (χ1n) is 8.76. The summed E-state index contributed by atoms with van der Waals surface area (Å²) in [6, 6.07) is 16.1. The summed E-state index contributed by atoms with van der Waals surface area (Å²) in [5.41, 5.74) is 8.79. The quantitative estimate of drug-likeness (QED) is 0.568. The molecule has 2 aromatic rings. The molecule has 0 heterocycles. The van der Waals surface area contributed by atoms with E-state index in [0.717, 1.165) is 0 Å². The van der Waals surface area contributed by atoms with Crippen molar-refractivity contribution in [1.82, 2.24) is 0 Å². The van der Waals surface area contributed by atoms with E-state index in [9.17, 15) is 0 Å². The number of allylic oxidation sites excluding steroid dienone is 1. The van der Waals surface area contributed by atoms with E-state index < -0.39 is 0 Å². The fourth-order valence-electron chi connectivity index (χ4n) is 3.41. The molecule has 0 spiro atoms. The van der Waals surface area contributed by atoms with Crippen molar-refractivity contribution in [2.45, 2.75) is 43.7 Å². The van der Waals surface area contributed by atoms with Crippen molar-refractivity contribution in [3.63, 3.8) is 0 Å². The van der Waals surface area contributed by atoms with Crippen LogP contribution in [0.1, 0.15) is 53.9 Å². The summed E-state index contributed by atoms with van der Waals surface area (Å²) in [5.74, 6) is 0.635. The molecule has 1 atom stereocenters. The summed E-state index contributed by atoms with van der Waals surface area (Å²) in [7, 11) is 0. The second-order valence-corrected chi connectivity index (χ2v) is 8.26. The number of hydrogen-bond donors (Lipinski definition) is 0. The second kappa shape index (κ2) is 7.31. The SMILES string of the molecule is CCCCc1ccc(-c2cccc3c2C=C(C(C)C)[CH]3[Zr])cc1. The molecule has 2 aromatic carbocycles. The van der Waals surface area contributed by atoms with Gasteiger partial charge in [-0.15, -0.1) is 0 Å². The van der Waals surface area contributed by atoms with Crippen molar-refractivity contribution in [3.8, 4) is 11.1 Å². The summed E-state index contributed by atoms with van der Waals surface area (Å²) < 4.78 is 0.640. The molecule has 0 saturated carbocycles. The van der Waals surface area contributed by atoms with Crippen molar-refractivity contribution in [2.24, 2.45) is 5.92 Å². The summed E-state index contributed by atoms with van der Waals surface area (Å²) in [6.07, 6.45) is 6.19. The Morgan fingerprint density at radius 1 is 1.04 bits per heavy atom. The Hall–Kier alpha value is -0.937. The van der Waals surface area contributed by atoms with Gasteiger partial charge in [-0.1, -0.05) is 0 Å². The van der Waals surface area contributed by atoms with Gasteiger partial charge >= 0.3 is 156 Å². The van der Waals surface area contributed by atoms with E-state index in [1.807, 2.05) is 0 Å². The molecule has 1 heteroatoms. The number of hydrogen-bond acceptors (Lipinski definition) is 0. The van der Waals surface area contributed by atoms with E-state index in [0.29, 0.717) is 9.54 Å². The van der Waals surface area contributed by atoms with E-state index in [1.54, 1.807) is 30.3 Å². The third-order valence-electron chi connectivity index (χ3n) is 4.85. The Morgan fingerprint density at radius 2 is 1.78 bits per heavy atom. The van der Waals surface area contributed by atoms with Crippen LogP contribution >= 0.6 is 0 Å². The third kappa shape index (κ3) is 3.46. The Kier molecular flexibility index (Phi) is 5.37. The molecule has 0 fully saturated rings. The summed E-state index contributed by atoms with van der Waals surface area (Å²) in [5, 5.41) is 0. The molecule has 3 rings (SSSR count). The molecular formula is C22H25Zr. The maximum absolute atomic E-state index is 2.46. The molecule has 0 nitrogen and oxygen atoms in total. The van der Waals surface area contributed by atoms with E-state index in [4.69, 9.17) is 0 Å². The molecule has 23 heavy (non-hydrogen) atoms. The van der Waals surface area contributed by atoms with Crippen LogP contribution in [0.15, 0.2) is 48.0 Å². The van der Waals surface area contributed by atoms with Crippen LogP contribution in [0.3, 0.4) is 0 Å². The van der Waals surface area contributed by atoms with Crippen molar-refractivity contribution in [2.75, 3.05) is 0 Å². The minimum atomic E-state index is 0.635. The predicted octanol–water partition coefficient (Wildman–Crippen LogP) is 6.34. The van der Waals surface area contributed by atoms with E-state index in [2.05, 4.69) is 69.3 Å². The molecule has 0 aliphatic heterocycles. The Balaban J connectivity index is 1.96. The van der Waals surface area contributed by atoms with Crippen LogP contribution in [0.25, 0.3) is 17.2 Å². The molecule has 1 aliphatic carbocycles. The van der Waals surface area contributed by atoms with E-state index in [-0.39, 0.29) is 0 Å². The van der Waals surface area contributed by atoms with Crippen molar-refractivity contribution in [1.29, 1.82) is 0 Å². The topological polar surface area (TPSA) is 0 Å². The number of unbranched alkanes of at least 4 members (excludes halogenated alkanes) is 1. The van der Waals surface area contributed by atoms with Gasteiger partial charge in [0.15, 0.2) is 0 Å². The first-order chi connectivity index (χ1) is 11.1. The first kappa shape index (κ1) is 16.9. The van der Waals surface area contributed by atoms with Crippen LogP contribution in [0, 0.1) is 5.92 Å². The number of aryl methyl sites for hydroxylation is 1. The molecule has 0 radical (unpaired) electrons. The van der Waals surface area contributed by atoms with Gasteiger partial charge in [0.05, 0.1) is 0 Å². The van der Waals surface area contributed by atoms with Crippen LogP contribution in [0.2, 0.25) is 0 Å². The van der Waals surface area contributed by atoms with Crippen LogP contribution in [-0.4, -0.2) is 0 Å². The molecule has 0 amide bonds. The number of benzene rings is 2. The Labute approximate surface area is 155 Å².